The number of ether oxygens (including phenoxy) is 4. The van der Waals surface area contributed by atoms with Crippen molar-refractivity contribution in [2.24, 2.45) is 5.92 Å². The number of unbranched alkanes of at least 4 members (excludes halogenated alkanes) is 49. The van der Waals surface area contributed by atoms with E-state index < -0.39 is 97.5 Å². The fraction of sp³-hybridized carbons (Fsp3) is 0.948. The molecule has 0 aromatic carbocycles. The van der Waals surface area contributed by atoms with Gasteiger partial charge in [-0.3, -0.25) is 37.3 Å². The lowest BCUT2D eigenvalue weighted by Gasteiger charge is -2.21. The minimum Gasteiger partial charge on any atom is -0.462 e. The molecule has 0 fully saturated rings. The summed E-state index contributed by atoms with van der Waals surface area (Å²) in [6.45, 7) is 7.22. The molecule has 0 aliphatic heterocycles. The standard InChI is InChI=1S/C77H150O17P2/c1-6-9-12-15-18-21-23-25-27-29-31-33-35-37-39-42-47-52-57-62-76(81)93-72(66-88-75(80)61-56-51-46-41-38-36-34-32-30-28-26-24-22-19-16-13-10-7-2)68-91-95(83,84)89-64-71(78)65-90-96(85,86)92-69-73(67-87-74(79)60-55-50-45-40-20-17-14-11-8-3)94-77(82)63-58-53-48-43-44-49-54-59-70(4)5/h70-73,78H,6-69H2,1-5H3,(H,83,84)(H,85,86)/t71-,72-,73-/m1/s1. The largest absolute Gasteiger partial charge is 0.472 e. The summed E-state index contributed by atoms with van der Waals surface area (Å²) in [6, 6.07) is 0. The third-order valence-electron chi connectivity index (χ3n) is 18.0. The van der Waals surface area contributed by atoms with E-state index in [0.29, 0.717) is 31.6 Å². The molecule has 0 aromatic heterocycles. The quantitative estimate of drug-likeness (QED) is 0.0222. The molecule has 0 saturated carbocycles. The molecule has 0 aliphatic rings. The summed E-state index contributed by atoms with van der Waals surface area (Å²) in [5.74, 6) is -1.42. The molecule has 5 atom stereocenters. The number of hydrogen-bond acceptors (Lipinski definition) is 15. The molecule has 3 N–H and O–H groups in total. The zero-order valence-electron chi connectivity index (χ0n) is 62.5. The zero-order chi connectivity index (χ0) is 70.5. The van der Waals surface area contributed by atoms with Crippen LogP contribution in [0, 0.1) is 5.92 Å². The van der Waals surface area contributed by atoms with Crippen LogP contribution < -0.4 is 0 Å². The maximum absolute atomic E-state index is 13.1. The van der Waals surface area contributed by atoms with Crippen LogP contribution in [0.5, 0.6) is 0 Å². The first-order valence-corrected chi connectivity index (χ1v) is 43.1. The molecular weight excluding hydrogens is 1260 g/mol. The number of carbonyl (C=O) groups excluding carboxylic acids is 4. The van der Waals surface area contributed by atoms with Crippen LogP contribution in [0.2, 0.25) is 0 Å². The molecule has 0 aromatic rings. The number of esters is 4. The highest BCUT2D eigenvalue weighted by molar-refractivity contribution is 7.47. The van der Waals surface area contributed by atoms with E-state index in [-0.39, 0.29) is 25.7 Å². The Labute approximate surface area is 588 Å². The number of hydrogen-bond donors (Lipinski definition) is 3. The van der Waals surface area contributed by atoms with Crippen molar-refractivity contribution >= 4 is 39.5 Å². The minimum atomic E-state index is -4.96. The van der Waals surface area contributed by atoms with Gasteiger partial charge >= 0.3 is 39.5 Å². The predicted octanol–water partition coefficient (Wildman–Crippen LogP) is 22.9. The van der Waals surface area contributed by atoms with E-state index in [1.807, 2.05) is 0 Å². The van der Waals surface area contributed by atoms with Gasteiger partial charge in [0.15, 0.2) is 12.2 Å². The summed E-state index contributed by atoms with van der Waals surface area (Å²) >= 11 is 0. The molecule has 0 saturated heterocycles. The van der Waals surface area contributed by atoms with Crippen molar-refractivity contribution in [2.75, 3.05) is 39.6 Å². The second-order valence-corrected chi connectivity index (χ2v) is 31.1. The van der Waals surface area contributed by atoms with E-state index in [4.69, 9.17) is 37.0 Å². The molecule has 0 rings (SSSR count). The molecular formula is C77H150O17P2. The van der Waals surface area contributed by atoms with E-state index in [1.54, 1.807) is 0 Å². The Bertz CT molecular complexity index is 1840. The van der Waals surface area contributed by atoms with Crippen LogP contribution in [0.4, 0.5) is 0 Å². The van der Waals surface area contributed by atoms with Gasteiger partial charge < -0.3 is 33.8 Å². The second-order valence-electron chi connectivity index (χ2n) is 28.2. The van der Waals surface area contributed by atoms with Crippen LogP contribution in [-0.4, -0.2) is 96.7 Å². The average molecular weight is 1410 g/mol. The van der Waals surface area contributed by atoms with Crippen molar-refractivity contribution in [3.8, 4) is 0 Å². The van der Waals surface area contributed by atoms with Gasteiger partial charge in [0.05, 0.1) is 26.4 Å². The lowest BCUT2D eigenvalue weighted by molar-refractivity contribution is -0.161. The van der Waals surface area contributed by atoms with Crippen molar-refractivity contribution in [1.82, 2.24) is 0 Å². The zero-order valence-corrected chi connectivity index (χ0v) is 64.3. The number of carbonyl (C=O) groups is 4. The van der Waals surface area contributed by atoms with Gasteiger partial charge in [0.25, 0.3) is 0 Å². The molecule has 0 heterocycles. The van der Waals surface area contributed by atoms with Crippen molar-refractivity contribution in [1.29, 1.82) is 0 Å². The molecule has 17 nitrogen and oxygen atoms in total. The SMILES string of the molecule is CCCCCCCCCCCCCCCCCCCCCC(=O)O[C@H](COC(=O)CCCCCCCCCCCCCCCCCCCC)COP(=O)(O)OC[C@@H](O)COP(=O)(O)OC[C@@H](COC(=O)CCCCCCCCCCC)OC(=O)CCCCCCCCCC(C)C. The van der Waals surface area contributed by atoms with Gasteiger partial charge in [-0.15, -0.1) is 0 Å². The minimum absolute atomic E-state index is 0.104. The van der Waals surface area contributed by atoms with E-state index >= 15 is 0 Å². The molecule has 570 valence electrons. The van der Waals surface area contributed by atoms with Gasteiger partial charge in [-0.05, 0) is 31.6 Å². The molecule has 0 aliphatic carbocycles. The Morgan fingerprint density at radius 1 is 0.281 bits per heavy atom. The maximum atomic E-state index is 13.1. The molecule has 19 heteroatoms. The second kappa shape index (κ2) is 70.1. The molecule has 0 bridgehead atoms. The summed E-state index contributed by atoms with van der Waals surface area (Å²) in [4.78, 5) is 72.7. The maximum Gasteiger partial charge on any atom is 0.472 e. The van der Waals surface area contributed by atoms with Crippen LogP contribution in [0.3, 0.4) is 0 Å². The van der Waals surface area contributed by atoms with Crippen LogP contribution in [0.25, 0.3) is 0 Å². The predicted molar refractivity (Wildman–Crippen MR) is 391 cm³/mol. The first-order valence-electron chi connectivity index (χ1n) is 40.1. The summed E-state index contributed by atoms with van der Waals surface area (Å²) in [6.07, 6.45) is 59.9. The molecule has 2 unspecified atom stereocenters. The van der Waals surface area contributed by atoms with Crippen molar-refractivity contribution in [2.45, 2.75) is 425 Å². The van der Waals surface area contributed by atoms with Crippen molar-refractivity contribution in [3.05, 3.63) is 0 Å². The fourth-order valence-corrected chi connectivity index (χ4v) is 13.5. The highest BCUT2D eigenvalue weighted by Gasteiger charge is 2.30. The fourth-order valence-electron chi connectivity index (χ4n) is 11.9. The molecule has 96 heavy (non-hydrogen) atoms. The highest BCUT2D eigenvalue weighted by atomic mass is 31.2. The van der Waals surface area contributed by atoms with Gasteiger partial charge in [-0.2, -0.15) is 0 Å². The summed E-state index contributed by atoms with van der Waals surface area (Å²) in [5.41, 5.74) is 0. The topological polar surface area (TPSA) is 237 Å². The van der Waals surface area contributed by atoms with Crippen LogP contribution >= 0.6 is 15.6 Å². The van der Waals surface area contributed by atoms with Crippen LogP contribution in [0.1, 0.15) is 407 Å². The van der Waals surface area contributed by atoms with Gasteiger partial charge in [-0.1, -0.05) is 356 Å². The summed E-state index contributed by atoms with van der Waals surface area (Å²) in [7, 11) is -9.91. The van der Waals surface area contributed by atoms with Gasteiger partial charge in [0, 0.05) is 25.7 Å². The third kappa shape index (κ3) is 70.5. The Balaban J connectivity index is 5.19. The third-order valence-corrected chi connectivity index (χ3v) is 19.9. The molecule has 0 spiro atoms. The van der Waals surface area contributed by atoms with Gasteiger partial charge in [0.1, 0.15) is 19.3 Å². The van der Waals surface area contributed by atoms with E-state index in [1.165, 1.54) is 231 Å². The number of aliphatic hydroxyl groups is 1. The lowest BCUT2D eigenvalue weighted by Crippen LogP contribution is -2.30. The van der Waals surface area contributed by atoms with Crippen molar-refractivity contribution in [3.63, 3.8) is 0 Å². The number of rotatable bonds is 77. The normalized spacial score (nSPS) is 13.9. The average Bonchev–Trinajstić information content (AvgIpc) is 2.73. The van der Waals surface area contributed by atoms with Gasteiger partial charge in [0.2, 0.25) is 0 Å². The highest BCUT2D eigenvalue weighted by Crippen LogP contribution is 2.45. The van der Waals surface area contributed by atoms with E-state index in [2.05, 4.69) is 34.6 Å². The summed E-state index contributed by atoms with van der Waals surface area (Å²) < 4.78 is 68.5. The smallest absolute Gasteiger partial charge is 0.462 e. The van der Waals surface area contributed by atoms with Crippen LogP contribution in [0.15, 0.2) is 0 Å². The molecule has 0 radical (unpaired) electrons. The van der Waals surface area contributed by atoms with Gasteiger partial charge in [-0.25, -0.2) is 9.13 Å². The Kier molecular flexibility index (Phi) is 68.7. The monoisotopic (exact) mass is 1410 g/mol. The lowest BCUT2D eigenvalue weighted by atomic mass is 10.0. The Morgan fingerprint density at radius 3 is 0.708 bits per heavy atom. The van der Waals surface area contributed by atoms with Crippen molar-refractivity contribution < 1.29 is 80.2 Å². The first-order chi connectivity index (χ1) is 46.5. The molecule has 0 amide bonds. The van der Waals surface area contributed by atoms with E-state index in [9.17, 15) is 43.2 Å². The number of phosphoric acid groups is 2. The van der Waals surface area contributed by atoms with E-state index in [0.717, 1.165) is 89.9 Å². The Morgan fingerprint density at radius 2 is 0.479 bits per heavy atom. The number of phosphoric ester groups is 2. The van der Waals surface area contributed by atoms with Crippen LogP contribution in [-0.2, 0) is 65.4 Å². The summed E-state index contributed by atoms with van der Waals surface area (Å²) in [5, 5.41) is 10.6. The Hall–Kier alpha value is -1.94. The first kappa shape index (κ1) is 94.1. The number of aliphatic hydroxyl groups excluding tert-OH is 1.